The second kappa shape index (κ2) is 7.74. The number of fused-ring (bicyclic) bond motifs is 1. The van der Waals surface area contributed by atoms with E-state index < -0.39 is 5.91 Å². The summed E-state index contributed by atoms with van der Waals surface area (Å²) < 4.78 is 1.70. The maximum atomic E-state index is 13.5. The fraction of sp³-hybridized carbons (Fsp3) is 0.148. The maximum absolute atomic E-state index is 13.5. The number of rotatable bonds is 2. The Kier molecular flexibility index (Phi) is 4.57. The summed E-state index contributed by atoms with van der Waals surface area (Å²) in [7, 11) is 0. The number of para-hydroxylation sites is 1. The van der Waals surface area contributed by atoms with Gasteiger partial charge in [0.25, 0.3) is 11.5 Å². The van der Waals surface area contributed by atoms with Gasteiger partial charge in [-0.05, 0) is 36.5 Å². The summed E-state index contributed by atoms with van der Waals surface area (Å²) in [6.07, 6.45) is 8.14. The van der Waals surface area contributed by atoms with Crippen LogP contribution in [0.2, 0.25) is 0 Å². The lowest BCUT2D eigenvalue weighted by atomic mass is 10.0. The van der Waals surface area contributed by atoms with Crippen molar-refractivity contribution in [2.24, 2.45) is 4.99 Å². The molecule has 0 unspecified atom stereocenters. The molecule has 0 fully saturated rings. The fourth-order valence-electron chi connectivity index (χ4n) is 4.64. The Morgan fingerprint density at radius 3 is 2.79 bits per heavy atom. The van der Waals surface area contributed by atoms with E-state index in [2.05, 4.69) is 21.0 Å². The molecule has 0 N–H and O–H groups in total. The van der Waals surface area contributed by atoms with Crippen LogP contribution in [0.1, 0.15) is 33.6 Å². The number of benzene rings is 2. The van der Waals surface area contributed by atoms with Crippen molar-refractivity contribution in [2.45, 2.75) is 25.8 Å². The van der Waals surface area contributed by atoms with Crippen LogP contribution in [0.4, 0.5) is 0 Å². The minimum absolute atomic E-state index is 0.101. The van der Waals surface area contributed by atoms with Crippen LogP contribution in [0.25, 0.3) is 28.2 Å². The van der Waals surface area contributed by atoms with Gasteiger partial charge in [0.05, 0.1) is 16.8 Å². The van der Waals surface area contributed by atoms with Crippen molar-refractivity contribution < 1.29 is 4.79 Å². The molecule has 6 rings (SSSR count). The lowest BCUT2D eigenvalue weighted by molar-refractivity contribution is 0.0997. The molecular formula is C27H20N4O2. The lowest BCUT2D eigenvalue weighted by Crippen LogP contribution is -2.34. The molecule has 6 nitrogen and oxygen atoms in total. The van der Waals surface area contributed by atoms with E-state index in [1.54, 1.807) is 10.6 Å². The van der Waals surface area contributed by atoms with E-state index in [-0.39, 0.29) is 11.0 Å². The van der Waals surface area contributed by atoms with Gasteiger partial charge in [0.15, 0.2) is 0 Å². The van der Waals surface area contributed by atoms with Crippen molar-refractivity contribution in [1.29, 1.82) is 0 Å². The van der Waals surface area contributed by atoms with Crippen molar-refractivity contribution in [3.63, 3.8) is 0 Å². The summed E-state index contributed by atoms with van der Waals surface area (Å²) in [5.74, 6) is -0.519. The highest BCUT2D eigenvalue weighted by atomic mass is 16.2. The molecule has 6 heteroatoms. The third-order valence-corrected chi connectivity index (χ3v) is 6.25. The number of allylic oxidation sites excluding steroid dienone is 1. The number of aromatic nitrogens is 3. The molecular weight excluding hydrogens is 412 g/mol. The molecule has 0 atom stereocenters. The largest absolute Gasteiger partial charge is 0.304 e. The zero-order chi connectivity index (χ0) is 22.4. The Balaban J connectivity index is 1.61. The highest BCUT2D eigenvalue weighted by molar-refractivity contribution is 5.96. The zero-order valence-corrected chi connectivity index (χ0v) is 17.9. The maximum Gasteiger partial charge on any atom is 0.296 e. The smallest absolute Gasteiger partial charge is 0.296 e. The van der Waals surface area contributed by atoms with E-state index in [1.807, 2.05) is 54.6 Å². The van der Waals surface area contributed by atoms with Crippen molar-refractivity contribution in [2.75, 3.05) is 0 Å². The highest BCUT2D eigenvalue weighted by Gasteiger charge is 2.19. The van der Waals surface area contributed by atoms with Crippen LogP contribution in [0.15, 0.2) is 76.7 Å². The van der Waals surface area contributed by atoms with E-state index in [9.17, 15) is 9.59 Å². The molecule has 1 aliphatic heterocycles. The monoisotopic (exact) mass is 432 g/mol. The third kappa shape index (κ3) is 3.31. The molecule has 2 aromatic carbocycles. The van der Waals surface area contributed by atoms with Crippen molar-refractivity contribution in [3.05, 3.63) is 105 Å². The van der Waals surface area contributed by atoms with Crippen molar-refractivity contribution in [1.82, 2.24) is 14.5 Å². The normalized spacial score (nSPS) is 14.5. The standard InChI is InChI=1S/C27H20N4O2/c32-26(20-15-19-9-4-5-12-22(19)28-16-20)30-25-27(33)31-14-13-18-10-6-11-21(24(18)31)23(29-25)17-7-2-1-3-8-17/h1-4,6-11,15-16H,5,12-14H2. The molecule has 0 spiro atoms. The van der Waals surface area contributed by atoms with Gasteiger partial charge in [0.2, 0.25) is 5.49 Å². The summed E-state index contributed by atoms with van der Waals surface area (Å²) in [4.78, 5) is 39.9. The van der Waals surface area contributed by atoms with Crippen LogP contribution in [0, 0.1) is 0 Å². The number of carbonyl (C=O) groups excluding carboxylic acids is 1. The molecule has 1 aliphatic carbocycles. The van der Waals surface area contributed by atoms with E-state index in [0.29, 0.717) is 17.8 Å². The summed E-state index contributed by atoms with van der Waals surface area (Å²) in [6, 6.07) is 17.5. The molecule has 160 valence electrons. The topological polar surface area (TPSA) is 77.2 Å². The number of pyridine rings is 1. The minimum Gasteiger partial charge on any atom is -0.304 e. The number of carbonyl (C=O) groups is 1. The van der Waals surface area contributed by atoms with Crippen molar-refractivity contribution in [3.8, 4) is 11.3 Å². The fourth-order valence-corrected chi connectivity index (χ4v) is 4.64. The second-order valence-corrected chi connectivity index (χ2v) is 8.29. The van der Waals surface area contributed by atoms with Gasteiger partial charge in [0.1, 0.15) is 0 Å². The van der Waals surface area contributed by atoms with Gasteiger partial charge in [0, 0.05) is 29.4 Å². The molecule has 0 radical (unpaired) electrons. The Hall–Kier alpha value is -4.19. The predicted molar refractivity (Wildman–Crippen MR) is 127 cm³/mol. The molecule has 4 aromatic rings. The average Bonchev–Trinajstić information content (AvgIpc) is 3.26. The van der Waals surface area contributed by atoms with Crippen molar-refractivity contribution >= 4 is 22.9 Å². The van der Waals surface area contributed by atoms with Crippen LogP contribution in [-0.4, -0.2) is 20.4 Å². The first kappa shape index (κ1) is 19.5. The Bertz CT molecular complexity index is 1600. The van der Waals surface area contributed by atoms with Gasteiger partial charge in [-0.1, -0.05) is 60.7 Å². The summed E-state index contributed by atoms with van der Waals surface area (Å²) in [5.41, 5.74) is 5.26. The number of hydrogen-bond acceptors (Lipinski definition) is 4. The van der Waals surface area contributed by atoms with E-state index in [1.165, 1.54) is 6.20 Å². The molecule has 2 aromatic heterocycles. The molecule has 3 heterocycles. The summed E-state index contributed by atoms with van der Waals surface area (Å²) in [5, 5.41) is 0.878. The third-order valence-electron chi connectivity index (χ3n) is 6.25. The van der Waals surface area contributed by atoms with Crippen LogP contribution in [0.3, 0.4) is 0 Å². The zero-order valence-electron chi connectivity index (χ0n) is 17.9. The van der Waals surface area contributed by atoms with E-state index in [0.717, 1.165) is 52.5 Å². The number of nitrogens with zero attached hydrogens (tertiary/aromatic N) is 4. The number of hydrogen-bond donors (Lipinski definition) is 0. The molecule has 0 bridgehead atoms. The summed E-state index contributed by atoms with van der Waals surface area (Å²) >= 11 is 0. The van der Waals surface area contributed by atoms with Gasteiger partial charge in [-0.2, -0.15) is 4.99 Å². The van der Waals surface area contributed by atoms with Crippen LogP contribution >= 0.6 is 0 Å². The molecule has 0 saturated heterocycles. The van der Waals surface area contributed by atoms with Gasteiger partial charge in [-0.15, -0.1) is 0 Å². The van der Waals surface area contributed by atoms with Gasteiger partial charge in [-0.25, -0.2) is 4.98 Å². The van der Waals surface area contributed by atoms with Crippen LogP contribution in [-0.2, 0) is 19.4 Å². The minimum atomic E-state index is -0.519. The molecule has 33 heavy (non-hydrogen) atoms. The van der Waals surface area contributed by atoms with Gasteiger partial charge in [-0.3, -0.25) is 14.6 Å². The van der Waals surface area contributed by atoms with Gasteiger partial charge >= 0.3 is 0 Å². The molecule has 0 saturated carbocycles. The number of aryl methyl sites for hydroxylation is 3. The molecule has 1 amide bonds. The highest BCUT2D eigenvalue weighted by Crippen LogP contribution is 2.29. The number of amides is 1. The van der Waals surface area contributed by atoms with Crippen LogP contribution < -0.4 is 11.0 Å². The van der Waals surface area contributed by atoms with E-state index >= 15 is 0 Å². The quantitative estimate of drug-likeness (QED) is 0.484. The SMILES string of the molecule is O=C(N=c1nc(-c2ccccc2)c2cccc3c2n(c1=O)CC3)c1cnc2c(c1)C=CCC2. The average molecular weight is 432 g/mol. The first-order chi connectivity index (χ1) is 16.2. The van der Waals surface area contributed by atoms with Crippen LogP contribution in [0.5, 0.6) is 0 Å². The Morgan fingerprint density at radius 2 is 1.91 bits per heavy atom. The first-order valence-electron chi connectivity index (χ1n) is 11.1. The Morgan fingerprint density at radius 1 is 1.03 bits per heavy atom. The lowest BCUT2D eigenvalue weighted by Gasteiger charge is -2.09. The first-order valence-corrected chi connectivity index (χ1v) is 11.1. The van der Waals surface area contributed by atoms with E-state index in [4.69, 9.17) is 0 Å². The second-order valence-electron chi connectivity index (χ2n) is 8.29. The predicted octanol–water partition coefficient (Wildman–Crippen LogP) is 3.72. The van der Waals surface area contributed by atoms with Gasteiger partial charge < -0.3 is 4.57 Å². The summed E-state index contributed by atoms with van der Waals surface area (Å²) in [6.45, 7) is 0.543. The Labute approximate surface area is 189 Å². The molecule has 2 aliphatic rings.